The molecule has 5 heteroatoms. The van der Waals surface area contributed by atoms with Gasteiger partial charge in [0, 0.05) is 9.86 Å². The highest BCUT2D eigenvalue weighted by molar-refractivity contribution is 9.10. The molecule has 2 heterocycles. The number of benzene rings is 1. The van der Waals surface area contributed by atoms with E-state index in [9.17, 15) is 4.79 Å². The Balaban J connectivity index is 2.14. The largest absolute Gasteiger partial charge is 0.286 e. The normalized spacial score (nSPS) is 10.8. The predicted molar refractivity (Wildman–Crippen MR) is 82.2 cm³/mol. The minimum atomic E-state index is -0.116. The number of thiophene rings is 1. The summed E-state index contributed by atoms with van der Waals surface area (Å²) in [6.07, 6.45) is 0. The molecule has 0 atom stereocenters. The van der Waals surface area contributed by atoms with Gasteiger partial charge in [-0.3, -0.25) is 4.79 Å². The fourth-order valence-corrected chi connectivity index (χ4v) is 3.30. The maximum Gasteiger partial charge on any atom is 0.222 e. The molecule has 19 heavy (non-hydrogen) atoms. The highest BCUT2D eigenvalue weighted by Crippen LogP contribution is 2.27. The zero-order valence-electron chi connectivity index (χ0n) is 9.56. The van der Waals surface area contributed by atoms with Gasteiger partial charge in [0.05, 0.1) is 14.7 Å². The van der Waals surface area contributed by atoms with Gasteiger partial charge >= 0.3 is 0 Å². The summed E-state index contributed by atoms with van der Waals surface area (Å²) in [5.41, 5.74) is 1.22. The number of hydrogen-bond donors (Lipinski definition) is 0. The highest BCUT2D eigenvalue weighted by atomic mass is 79.9. The average molecular weight is 353 g/mol. The van der Waals surface area contributed by atoms with Gasteiger partial charge in [-0.1, -0.05) is 29.8 Å². The van der Waals surface area contributed by atoms with Crippen molar-refractivity contribution in [2.45, 2.75) is 0 Å². The molecule has 2 nitrogen and oxygen atoms in total. The van der Waals surface area contributed by atoms with Crippen LogP contribution in [-0.4, -0.2) is 10.8 Å². The number of aromatic nitrogens is 1. The molecule has 2 aromatic heterocycles. The number of hydrogen-bond acceptors (Lipinski definition) is 3. The van der Waals surface area contributed by atoms with E-state index in [1.165, 1.54) is 11.3 Å². The lowest BCUT2D eigenvalue weighted by molar-refractivity contribution is 0.103. The second kappa shape index (κ2) is 5.04. The Morgan fingerprint density at radius 1 is 1.21 bits per heavy atom. The van der Waals surface area contributed by atoms with Gasteiger partial charge in [0.15, 0.2) is 0 Å². The third kappa shape index (κ3) is 2.43. The molecule has 1 aromatic carbocycles. The van der Waals surface area contributed by atoms with Crippen molar-refractivity contribution < 1.29 is 4.79 Å². The van der Waals surface area contributed by atoms with Gasteiger partial charge in [0.1, 0.15) is 5.69 Å². The van der Waals surface area contributed by atoms with Gasteiger partial charge in [-0.15, -0.1) is 11.3 Å². The fourth-order valence-electron chi connectivity index (χ4n) is 1.80. The zero-order chi connectivity index (χ0) is 13.4. The summed E-state index contributed by atoms with van der Waals surface area (Å²) in [5.74, 6) is -0.116. The Morgan fingerprint density at radius 3 is 2.74 bits per heavy atom. The number of nitrogens with zero attached hydrogens (tertiary/aromatic N) is 1. The van der Waals surface area contributed by atoms with Crippen molar-refractivity contribution in [3.63, 3.8) is 0 Å². The zero-order valence-corrected chi connectivity index (χ0v) is 12.7. The van der Waals surface area contributed by atoms with Crippen molar-refractivity contribution in [3.05, 3.63) is 61.8 Å². The third-order valence-electron chi connectivity index (χ3n) is 2.69. The summed E-state index contributed by atoms with van der Waals surface area (Å²) >= 11 is 10.5. The Hall–Kier alpha value is -1.23. The summed E-state index contributed by atoms with van der Waals surface area (Å²) in [4.78, 5) is 17.4. The van der Waals surface area contributed by atoms with E-state index in [0.29, 0.717) is 19.4 Å². The smallest absolute Gasteiger partial charge is 0.222 e. The molecule has 0 saturated carbocycles. The molecule has 94 valence electrons. The van der Waals surface area contributed by atoms with E-state index >= 15 is 0 Å². The lowest BCUT2D eigenvalue weighted by Crippen LogP contribution is -2.03. The van der Waals surface area contributed by atoms with Crippen LogP contribution in [0.15, 0.2) is 46.9 Å². The van der Waals surface area contributed by atoms with E-state index in [2.05, 4.69) is 20.9 Å². The van der Waals surface area contributed by atoms with E-state index in [4.69, 9.17) is 11.6 Å². The van der Waals surface area contributed by atoms with Crippen LogP contribution in [0, 0.1) is 0 Å². The second-order valence-corrected chi connectivity index (χ2v) is 6.51. The first-order chi connectivity index (χ1) is 9.15. The van der Waals surface area contributed by atoms with Gasteiger partial charge in [-0.05, 0) is 40.2 Å². The van der Waals surface area contributed by atoms with E-state index in [1.54, 1.807) is 12.1 Å². The van der Waals surface area contributed by atoms with E-state index in [0.717, 1.165) is 10.9 Å². The van der Waals surface area contributed by atoms with Gasteiger partial charge in [-0.25, -0.2) is 4.98 Å². The van der Waals surface area contributed by atoms with Crippen molar-refractivity contribution in [1.82, 2.24) is 4.98 Å². The second-order valence-electron chi connectivity index (χ2n) is 3.94. The molecule has 3 aromatic rings. The Labute approximate surface area is 127 Å². The fraction of sp³-hybridized carbons (Fsp3) is 0. The molecule has 0 radical (unpaired) electrons. The van der Waals surface area contributed by atoms with Crippen LogP contribution < -0.4 is 0 Å². The maximum atomic E-state index is 12.4. The number of para-hydroxylation sites is 1. The first kappa shape index (κ1) is 12.8. The van der Waals surface area contributed by atoms with E-state index in [-0.39, 0.29) is 5.78 Å². The number of fused-ring (bicyclic) bond motifs is 1. The minimum Gasteiger partial charge on any atom is -0.286 e. The Kier molecular flexibility index (Phi) is 3.39. The molecule has 0 aliphatic carbocycles. The SMILES string of the molecule is O=C(c1ccc(Cl)s1)c1nc2ccccc2cc1Br. The number of halogens is 2. The molecule has 0 aliphatic heterocycles. The van der Waals surface area contributed by atoms with Crippen LogP contribution in [0.25, 0.3) is 10.9 Å². The van der Waals surface area contributed by atoms with E-state index < -0.39 is 0 Å². The molecule has 0 N–H and O–H groups in total. The van der Waals surface area contributed by atoms with Crippen molar-refractivity contribution in [2.24, 2.45) is 0 Å². The topological polar surface area (TPSA) is 30.0 Å². The molecular formula is C14H7BrClNOS. The number of carbonyl (C=O) groups is 1. The van der Waals surface area contributed by atoms with Gasteiger partial charge in [-0.2, -0.15) is 0 Å². The number of rotatable bonds is 2. The molecule has 0 spiro atoms. The molecule has 0 unspecified atom stereocenters. The summed E-state index contributed by atoms with van der Waals surface area (Å²) < 4.78 is 1.29. The number of ketones is 1. The van der Waals surface area contributed by atoms with Crippen molar-refractivity contribution in [3.8, 4) is 0 Å². The van der Waals surface area contributed by atoms with Crippen LogP contribution in [0.3, 0.4) is 0 Å². The molecular weight excluding hydrogens is 346 g/mol. The first-order valence-electron chi connectivity index (χ1n) is 5.50. The molecule has 0 aliphatic rings. The summed E-state index contributed by atoms with van der Waals surface area (Å²) in [6, 6.07) is 13.0. The molecule has 0 bridgehead atoms. The minimum absolute atomic E-state index is 0.116. The Morgan fingerprint density at radius 2 is 2.00 bits per heavy atom. The molecule has 0 amide bonds. The van der Waals surface area contributed by atoms with E-state index in [1.807, 2.05) is 30.3 Å². The third-order valence-corrected chi connectivity index (χ3v) is 4.52. The monoisotopic (exact) mass is 351 g/mol. The average Bonchev–Trinajstić information content (AvgIpc) is 2.84. The number of pyridine rings is 1. The lowest BCUT2D eigenvalue weighted by Gasteiger charge is -2.04. The quantitative estimate of drug-likeness (QED) is 0.611. The van der Waals surface area contributed by atoms with Crippen LogP contribution in [0.4, 0.5) is 0 Å². The predicted octanol–water partition coefficient (Wildman–Crippen LogP) is 4.94. The highest BCUT2D eigenvalue weighted by Gasteiger charge is 2.17. The van der Waals surface area contributed by atoms with Crippen LogP contribution in [0.1, 0.15) is 15.4 Å². The molecule has 3 rings (SSSR count). The maximum absolute atomic E-state index is 12.4. The summed E-state index contributed by atoms with van der Waals surface area (Å²) in [5, 5.41) is 0.995. The summed E-state index contributed by atoms with van der Waals surface area (Å²) in [7, 11) is 0. The first-order valence-corrected chi connectivity index (χ1v) is 7.49. The van der Waals surface area contributed by atoms with Crippen LogP contribution in [-0.2, 0) is 0 Å². The van der Waals surface area contributed by atoms with Crippen molar-refractivity contribution >= 4 is 55.6 Å². The van der Waals surface area contributed by atoms with Crippen molar-refractivity contribution in [1.29, 1.82) is 0 Å². The van der Waals surface area contributed by atoms with Crippen LogP contribution in [0.2, 0.25) is 4.34 Å². The van der Waals surface area contributed by atoms with Gasteiger partial charge < -0.3 is 0 Å². The summed E-state index contributed by atoms with van der Waals surface area (Å²) in [6.45, 7) is 0. The Bertz CT molecular complexity index is 784. The standard InChI is InChI=1S/C14H7BrClNOS/c15-9-7-8-3-1-2-4-10(8)17-13(9)14(18)11-5-6-12(16)19-11/h1-7H. The van der Waals surface area contributed by atoms with Crippen LogP contribution in [0.5, 0.6) is 0 Å². The van der Waals surface area contributed by atoms with Crippen molar-refractivity contribution in [2.75, 3.05) is 0 Å². The van der Waals surface area contributed by atoms with Crippen LogP contribution >= 0.6 is 38.9 Å². The number of carbonyl (C=O) groups excluding carboxylic acids is 1. The molecule has 0 saturated heterocycles. The van der Waals surface area contributed by atoms with Gasteiger partial charge in [0.25, 0.3) is 0 Å². The van der Waals surface area contributed by atoms with Gasteiger partial charge in [0.2, 0.25) is 5.78 Å². The molecule has 0 fully saturated rings. The lowest BCUT2D eigenvalue weighted by atomic mass is 10.1.